The fourth-order valence-corrected chi connectivity index (χ4v) is 2.08. The third-order valence-electron chi connectivity index (χ3n) is 3.24. The van der Waals surface area contributed by atoms with E-state index in [-0.39, 0.29) is 24.4 Å². The van der Waals surface area contributed by atoms with E-state index in [1.807, 2.05) is 0 Å². The number of carbonyl (C=O) groups excluding carboxylic acids is 2. The van der Waals surface area contributed by atoms with E-state index in [0.29, 0.717) is 6.54 Å². The minimum Gasteiger partial charge on any atom is -0.379 e. The third kappa shape index (κ3) is 3.02. The fraction of sp³-hybridized carbons (Fsp3) is 0.818. The Labute approximate surface area is 101 Å². The average molecular weight is 241 g/mol. The van der Waals surface area contributed by atoms with Gasteiger partial charge < -0.3 is 4.74 Å². The number of nitrogens with zero attached hydrogens (tertiary/aromatic N) is 2. The Morgan fingerprint density at radius 1 is 1.29 bits per heavy atom. The maximum Gasteiger partial charge on any atom is 0.246 e. The molecule has 0 radical (unpaired) electrons. The number of ether oxygens (including phenoxy) is 1. The van der Waals surface area contributed by atoms with Crippen LogP contribution in [0.1, 0.15) is 6.92 Å². The molecule has 6 nitrogen and oxygen atoms in total. The van der Waals surface area contributed by atoms with E-state index in [9.17, 15) is 9.59 Å². The molecule has 0 aromatic heterocycles. The predicted octanol–water partition coefficient (Wildman–Crippen LogP) is -1.33. The van der Waals surface area contributed by atoms with Crippen molar-refractivity contribution in [2.45, 2.75) is 13.0 Å². The van der Waals surface area contributed by atoms with Gasteiger partial charge in [0.25, 0.3) is 0 Å². The molecule has 2 rings (SSSR count). The zero-order chi connectivity index (χ0) is 12.3. The number of morpholine rings is 1. The Kier molecular flexibility index (Phi) is 4.09. The monoisotopic (exact) mass is 241 g/mol. The Morgan fingerprint density at radius 2 is 2.00 bits per heavy atom. The number of hydrogen-bond donors (Lipinski definition) is 1. The number of amides is 2. The van der Waals surface area contributed by atoms with Gasteiger partial charge in [-0.1, -0.05) is 0 Å². The summed E-state index contributed by atoms with van der Waals surface area (Å²) >= 11 is 0. The molecule has 2 amide bonds. The summed E-state index contributed by atoms with van der Waals surface area (Å²) in [5.74, 6) is -0.240. The smallest absolute Gasteiger partial charge is 0.246 e. The molecule has 6 heteroatoms. The van der Waals surface area contributed by atoms with Crippen molar-refractivity contribution in [1.82, 2.24) is 15.1 Å². The fourth-order valence-electron chi connectivity index (χ4n) is 2.08. The lowest BCUT2D eigenvalue weighted by atomic mass is 10.2. The van der Waals surface area contributed by atoms with E-state index >= 15 is 0 Å². The Hall–Kier alpha value is -0.980. The molecule has 0 aliphatic carbocycles. The van der Waals surface area contributed by atoms with Crippen LogP contribution in [0.4, 0.5) is 0 Å². The highest BCUT2D eigenvalue weighted by Crippen LogP contribution is 2.04. The van der Waals surface area contributed by atoms with Gasteiger partial charge in [0, 0.05) is 26.2 Å². The minimum absolute atomic E-state index is 0.116. The van der Waals surface area contributed by atoms with Gasteiger partial charge in [-0.05, 0) is 6.92 Å². The second kappa shape index (κ2) is 5.57. The Bertz CT molecular complexity index is 302. The molecule has 0 spiro atoms. The number of piperazine rings is 1. The van der Waals surface area contributed by atoms with Gasteiger partial charge >= 0.3 is 0 Å². The van der Waals surface area contributed by atoms with E-state index in [1.54, 1.807) is 6.92 Å². The molecule has 17 heavy (non-hydrogen) atoms. The summed E-state index contributed by atoms with van der Waals surface area (Å²) in [6.45, 7) is 6.51. The first kappa shape index (κ1) is 12.5. The van der Waals surface area contributed by atoms with Gasteiger partial charge in [0.05, 0.1) is 25.8 Å². The van der Waals surface area contributed by atoms with Crippen LogP contribution in [-0.4, -0.2) is 73.6 Å². The van der Waals surface area contributed by atoms with Crippen LogP contribution < -0.4 is 5.32 Å². The molecular weight excluding hydrogens is 222 g/mol. The van der Waals surface area contributed by atoms with Crippen molar-refractivity contribution in [2.24, 2.45) is 0 Å². The van der Waals surface area contributed by atoms with Crippen LogP contribution in [0.15, 0.2) is 0 Å². The molecule has 2 heterocycles. The lowest BCUT2D eigenvalue weighted by Gasteiger charge is -2.33. The number of nitrogens with one attached hydrogen (secondary N) is 1. The summed E-state index contributed by atoms with van der Waals surface area (Å²) in [7, 11) is 0. The quantitative estimate of drug-likeness (QED) is 0.620. The number of carbonyl (C=O) groups is 2. The molecule has 2 saturated heterocycles. The van der Waals surface area contributed by atoms with Crippen molar-refractivity contribution >= 4 is 11.8 Å². The van der Waals surface area contributed by atoms with Gasteiger partial charge in [-0.15, -0.1) is 0 Å². The third-order valence-corrected chi connectivity index (χ3v) is 3.24. The molecule has 0 aromatic rings. The van der Waals surface area contributed by atoms with Crippen molar-refractivity contribution in [3.63, 3.8) is 0 Å². The second-order valence-electron chi connectivity index (χ2n) is 4.44. The summed E-state index contributed by atoms with van der Waals surface area (Å²) in [4.78, 5) is 27.0. The lowest BCUT2D eigenvalue weighted by Crippen LogP contribution is -2.58. The Balaban J connectivity index is 1.83. The van der Waals surface area contributed by atoms with Crippen molar-refractivity contribution in [3.8, 4) is 0 Å². The molecule has 2 fully saturated rings. The van der Waals surface area contributed by atoms with Crippen molar-refractivity contribution < 1.29 is 14.3 Å². The highest BCUT2D eigenvalue weighted by Gasteiger charge is 2.31. The molecule has 1 atom stereocenters. The van der Waals surface area contributed by atoms with Crippen LogP contribution in [0.25, 0.3) is 0 Å². The van der Waals surface area contributed by atoms with Gasteiger partial charge in [0.15, 0.2) is 0 Å². The van der Waals surface area contributed by atoms with Gasteiger partial charge in [-0.25, -0.2) is 0 Å². The minimum atomic E-state index is -0.252. The van der Waals surface area contributed by atoms with Crippen LogP contribution in [0.5, 0.6) is 0 Å². The van der Waals surface area contributed by atoms with E-state index < -0.39 is 0 Å². The summed E-state index contributed by atoms with van der Waals surface area (Å²) in [5.41, 5.74) is 0. The molecule has 0 aromatic carbocycles. The van der Waals surface area contributed by atoms with Crippen molar-refractivity contribution in [2.75, 3.05) is 45.9 Å². The maximum atomic E-state index is 11.8. The summed E-state index contributed by atoms with van der Waals surface area (Å²) in [6, 6.07) is -0.252. The molecule has 1 unspecified atom stereocenters. The van der Waals surface area contributed by atoms with Crippen LogP contribution in [0.3, 0.4) is 0 Å². The molecule has 2 aliphatic heterocycles. The zero-order valence-corrected chi connectivity index (χ0v) is 10.1. The molecular formula is C11H19N3O3. The number of imide groups is 1. The highest BCUT2D eigenvalue weighted by molar-refractivity contribution is 6.00. The van der Waals surface area contributed by atoms with Crippen LogP contribution in [0.2, 0.25) is 0 Å². The summed E-state index contributed by atoms with van der Waals surface area (Å²) in [5, 5.41) is 2.88. The maximum absolute atomic E-state index is 11.8. The van der Waals surface area contributed by atoms with E-state index in [2.05, 4.69) is 10.2 Å². The SMILES string of the molecule is CC1NCC(=O)N(CCN2CCOCC2)C1=O. The van der Waals surface area contributed by atoms with Crippen LogP contribution in [-0.2, 0) is 14.3 Å². The zero-order valence-electron chi connectivity index (χ0n) is 10.1. The Morgan fingerprint density at radius 3 is 2.71 bits per heavy atom. The first-order chi connectivity index (χ1) is 8.18. The van der Waals surface area contributed by atoms with E-state index in [0.717, 1.165) is 32.8 Å². The van der Waals surface area contributed by atoms with Gasteiger partial charge in [0.2, 0.25) is 11.8 Å². The molecule has 96 valence electrons. The van der Waals surface area contributed by atoms with E-state index in [4.69, 9.17) is 4.74 Å². The molecule has 0 bridgehead atoms. The standard InChI is InChI=1S/C11H19N3O3/c1-9-11(16)14(10(15)8-12-9)3-2-13-4-6-17-7-5-13/h9,12H,2-8H2,1H3. The van der Waals surface area contributed by atoms with Crippen LogP contribution in [0, 0.1) is 0 Å². The van der Waals surface area contributed by atoms with Crippen LogP contribution >= 0.6 is 0 Å². The average Bonchev–Trinajstić information content (AvgIpc) is 2.35. The number of rotatable bonds is 3. The molecule has 2 aliphatic rings. The normalized spacial score (nSPS) is 27.6. The van der Waals surface area contributed by atoms with Gasteiger partial charge in [0.1, 0.15) is 0 Å². The topological polar surface area (TPSA) is 61.9 Å². The summed E-state index contributed by atoms with van der Waals surface area (Å²) in [6.07, 6.45) is 0. The lowest BCUT2D eigenvalue weighted by molar-refractivity contribution is -0.149. The van der Waals surface area contributed by atoms with Gasteiger partial charge in [-0.3, -0.25) is 24.7 Å². The van der Waals surface area contributed by atoms with Crippen molar-refractivity contribution in [3.05, 3.63) is 0 Å². The largest absolute Gasteiger partial charge is 0.379 e. The predicted molar refractivity (Wildman–Crippen MR) is 61.4 cm³/mol. The highest BCUT2D eigenvalue weighted by atomic mass is 16.5. The molecule has 1 N–H and O–H groups in total. The first-order valence-electron chi connectivity index (χ1n) is 6.06. The van der Waals surface area contributed by atoms with Crippen molar-refractivity contribution in [1.29, 1.82) is 0 Å². The second-order valence-corrected chi connectivity index (χ2v) is 4.44. The molecule has 0 saturated carbocycles. The first-order valence-corrected chi connectivity index (χ1v) is 6.06. The number of hydrogen-bond acceptors (Lipinski definition) is 5. The summed E-state index contributed by atoms with van der Waals surface area (Å²) < 4.78 is 5.25. The van der Waals surface area contributed by atoms with E-state index in [1.165, 1.54) is 4.90 Å². The van der Waals surface area contributed by atoms with Gasteiger partial charge in [-0.2, -0.15) is 0 Å².